The Labute approximate surface area is 83.2 Å². The fourth-order valence-corrected chi connectivity index (χ4v) is 1.77. The molecule has 0 aliphatic carbocycles. The van der Waals surface area contributed by atoms with Crippen LogP contribution in [0.2, 0.25) is 0 Å². The minimum absolute atomic E-state index is 0.128. The number of pyridine rings is 1. The minimum atomic E-state index is -3.90. The van der Waals surface area contributed by atoms with Crippen LogP contribution in [0.4, 0.5) is 0 Å². The second-order valence-electron chi connectivity index (χ2n) is 3.10. The van der Waals surface area contributed by atoms with Crippen molar-refractivity contribution in [1.82, 2.24) is 4.98 Å². The van der Waals surface area contributed by atoms with Gasteiger partial charge in [0.15, 0.2) is 0 Å². The molecule has 1 aromatic heterocycles. The Bertz CT molecular complexity index is 348. The molecule has 1 heterocycles. The monoisotopic (exact) mass is 215 g/mol. The SMILES string of the molecule is CCc1cccnc1CCP(=O)(O)O. The van der Waals surface area contributed by atoms with E-state index in [-0.39, 0.29) is 6.16 Å². The van der Waals surface area contributed by atoms with Crippen LogP contribution in [-0.4, -0.2) is 20.9 Å². The van der Waals surface area contributed by atoms with Gasteiger partial charge >= 0.3 is 7.60 Å². The highest BCUT2D eigenvalue weighted by molar-refractivity contribution is 7.51. The highest BCUT2D eigenvalue weighted by Gasteiger charge is 2.14. The third-order valence-electron chi connectivity index (χ3n) is 2.01. The van der Waals surface area contributed by atoms with Crippen LogP contribution in [0.3, 0.4) is 0 Å². The van der Waals surface area contributed by atoms with Crippen molar-refractivity contribution < 1.29 is 14.4 Å². The Morgan fingerprint density at radius 3 is 2.79 bits per heavy atom. The zero-order chi connectivity index (χ0) is 10.6. The van der Waals surface area contributed by atoms with Crippen LogP contribution in [-0.2, 0) is 17.4 Å². The summed E-state index contributed by atoms with van der Waals surface area (Å²) in [5.41, 5.74) is 1.85. The summed E-state index contributed by atoms with van der Waals surface area (Å²) in [5.74, 6) is 0. The van der Waals surface area contributed by atoms with Crippen molar-refractivity contribution in [3.8, 4) is 0 Å². The molecule has 0 radical (unpaired) electrons. The fourth-order valence-electron chi connectivity index (χ4n) is 1.27. The first kappa shape index (κ1) is 11.4. The van der Waals surface area contributed by atoms with E-state index in [1.165, 1.54) is 0 Å². The molecule has 14 heavy (non-hydrogen) atoms. The van der Waals surface area contributed by atoms with E-state index in [1.807, 2.05) is 19.1 Å². The molecule has 4 nitrogen and oxygen atoms in total. The van der Waals surface area contributed by atoms with Gasteiger partial charge in [-0.1, -0.05) is 13.0 Å². The Morgan fingerprint density at radius 1 is 1.50 bits per heavy atom. The molecule has 0 aliphatic heterocycles. The van der Waals surface area contributed by atoms with Crippen molar-refractivity contribution in [1.29, 1.82) is 0 Å². The molecule has 0 spiro atoms. The smallest absolute Gasteiger partial charge is 0.324 e. The number of hydrogen-bond donors (Lipinski definition) is 2. The van der Waals surface area contributed by atoms with Gasteiger partial charge in [-0.25, -0.2) is 0 Å². The van der Waals surface area contributed by atoms with Crippen LogP contribution < -0.4 is 0 Å². The van der Waals surface area contributed by atoms with E-state index in [9.17, 15) is 4.57 Å². The van der Waals surface area contributed by atoms with Gasteiger partial charge in [-0.2, -0.15) is 0 Å². The Balaban J connectivity index is 2.71. The first-order chi connectivity index (χ1) is 6.53. The maximum Gasteiger partial charge on any atom is 0.325 e. The molecule has 1 rings (SSSR count). The lowest BCUT2D eigenvalue weighted by atomic mass is 10.1. The second kappa shape index (κ2) is 4.69. The average molecular weight is 215 g/mol. The molecule has 0 saturated carbocycles. The molecule has 0 unspecified atom stereocenters. The van der Waals surface area contributed by atoms with Gasteiger partial charge < -0.3 is 9.79 Å². The van der Waals surface area contributed by atoms with Gasteiger partial charge in [0.25, 0.3) is 0 Å². The summed E-state index contributed by atoms with van der Waals surface area (Å²) in [7, 11) is -3.90. The van der Waals surface area contributed by atoms with E-state index in [2.05, 4.69) is 4.98 Å². The van der Waals surface area contributed by atoms with E-state index in [0.29, 0.717) is 6.42 Å². The molecule has 0 aliphatic rings. The molecule has 0 fully saturated rings. The number of hydrogen-bond acceptors (Lipinski definition) is 2. The normalized spacial score (nSPS) is 11.6. The highest BCUT2D eigenvalue weighted by atomic mass is 31.2. The van der Waals surface area contributed by atoms with Crippen molar-refractivity contribution in [2.45, 2.75) is 19.8 Å². The quantitative estimate of drug-likeness (QED) is 0.744. The number of aryl methyl sites for hydroxylation is 2. The summed E-state index contributed by atoms with van der Waals surface area (Å²) in [6.07, 6.45) is 2.70. The van der Waals surface area contributed by atoms with Crippen molar-refractivity contribution in [3.63, 3.8) is 0 Å². The molecule has 0 amide bonds. The van der Waals surface area contributed by atoms with Crippen LogP contribution >= 0.6 is 7.60 Å². The maximum atomic E-state index is 10.7. The summed E-state index contributed by atoms with van der Waals surface area (Å²) >= 11 is 0. The lowest BCUT2D eigenvalue weighted by molar-refractivity contribution is 0.372. The molecular weight excluding hydrogens is 201 g/mol. The van der Waals surface area contributed by atoms with Crippen molar-refractivity contribution >= 4 is 7.60 Å². The van der Waals surface area contributed by atoms with Crippen LogP contribution in [0.5, 0.6) is 0 Å². The largest absolute Gasteiger partial charge is 0.325 e. The maximum absolute atomic E-state index is 10.7. The van der Waals surface area contributed by atoms with E-state index in [1.54, 1.807) is 6.20 Å². The average Bonchev–Trinajstić information content (AvgIpc) is 2.14. The standard InChI is InChI=1S/C9H14NO3P/c1-2-8-4-3-6-10-9(8)5-7-14(11,12)13/h3-4,6H,2,5,7H2,1H3,(H2,11,12,13). The minimum Gasteiger partial charge on any atom is -0.324 e. The summed E-state index contributed by atoms with van der Waals surface area (Å²) in [5, 5.41) is 0. The molecule has 2 N–H and O–H groups in total. The molecule has 5 heteroatoms. The van der Waals surface area contributed by atoms with E-state index < -0.39 is 7.60 Å². The third kappa shape index (κ3) is 3.58. The summed E-state index contributed by atoms with van der Waals surface area (Å²) < 4.78 is 10.7. The Kier molecular flexibility index (Phi) is 3.81. The van der Waals surface area contributed by atoms with Crippen LogP contribution in [0, 0.1) is 0 Å². The predicted molar refractivity (Wildman–Crippen MR) is 54.2 cm³/mol. The van der Waals surface area contributed by atoms with E-state index in [4.69, 9.17) is 9.79 Å². The molecule has 1 aromatic rings. The first-order valence-electron chi connectivity index (χ1n) is 4.50. The predicted octanol–water partition coefficient (Wildman–Crippen LogP) is 1.36. The lowest BCUT2D eigenvalue weighted by Crippen LogP contribution is -2.00. The van der Waals surface area contributed by atoms with Crippen molar-refractivity contribution in [2.75, 3.05) is 6.16 Å². The van der Waals surface area contributed by atoms with Crippen molar-refractivity contribution in [3.05, 3.63) is 29.6 Å². The van der Waals surface area contributed by atoms with Crippen LogP contribution in [0.15, 0.2) is 18.3 Å². The summed E-state index contributed by atoms with van der Waals surface area (Å²) in [6, 6.07) is 3.77. The van der Waals surface area contributed by atoms with E-state index >= 15 is 0 Å². The van der Waals surface area contributed by atoms with Gasteiger partial charge in [0.1, 0.15) is 0 Å². The van der Waals surface area contributed by atoms with E-state index in [0.717, 1.165) is 17.7 Å². The molecule has 0 saturated heterocycles. The van der Waals surface area contributed by atoms with Gasteiger partial charge in [-0.05, 0) is 18.1 Å². The fraction of sp³-hybridized carbons (Fsp3) is 0.444. The number of nitrogens with zero attached hydrogens (tertiary/aromatic N) is 1. The lowest BCUT2D eigenvalue weighted by Gasteiger charge is -2.06. The molecule has 0 atom stereocenters. The molecule has 0 aromatic carbocycles. The van der Waals surface area contributed by atoms with Gasteiger partial charge in [-0.15, -0.1) is 0 Å². The highest BCUT2D eigenvalue weighted by Crippen LogP contribution is 2.34. The molecule has 78 valence electrons. The first-order valence-corrected chi connectivity index (χ1v) is 6.30. The zero-order valence-corrected chi connectivity index (χ0v) is 8.94. The van der Waals surface area contributed by atoms with Gasteiger partial charge in [-0.3, -0.25) is 9.55 Å². The van der Waals surface area contributed by atoms with Crippen LogP contribution in [0.25, 0.3) is 0 Å². The second-order valence-corrected chi connectivity index (χ2v) is 4.88. The molecule has 0 bridgehead atoms. The van der Waals surface area contributed by atoms with Gasteiger partial charge in [0.05, 0.1) is 6.16 Å². The number of rotatable bonds is 4. The van der Waals surface area contributed by atoms with Gasteiger partial charge in [0.2, 0.25) is 0 Å². The zero-order valence-electron chi connectivity index (χ0n) is 8.05. The molecular formula is C9H14NO3P. The third-order valence-corrected chi connectivity index (χ3v) is 2.81. The Hall–Kier alpha value is -0.700. The Morgan fingerprint density at radius 2 is 2.21 bits per heavy atom. The summed E-state index contributed by atoms with van der Waals surface area (Å²) in [4.78, 5) is 21.6. The topological polar surface area (TPSA) is 70.4 Å². The van der Waals surface area contributed by atoms with Crippen LogP contribution in [0.1, 0.15) is 18.2 Å². The van der Waals surface area contributed by atoms with Gasteiger partial charge in [0, 0.05) is 18.3 Å². The van der Waals surface area contributed by atoms with Crippen molar-refractivity contribution in [2.24, 2.45) is 0 Å². The summed E-state index contributed by atoms with van der Waals surface area (Å²) in [6.45, 7) is 2.00. The number of aromatic nitrogens is 1.